The maximum atomic E-state index is 12.7. The lowest BCUT2D eigenvalue weighted by molar-refractivity contribution is 0.414. The third-order valence-corrected chi connectivity index (χ3v) is 5.71. The Kier molecular flexibility index (Phi) is 6.01. The summed E-state index contributed by atoms with van der Waals surface area (Å²) >= 11 is 6.23. The topological polar surface area (TPSA) is 90.4 Å². The summed E-state index contributed by atoms with van der Waals surface area (Å²) in [7, 11) is -0.759. The molecular formula is C19H18ClN3O4S. The molecule has 0 radical (unpaired) electrons. The van der Waals surface area contributed by atoms with Crippen LogP contribution in [0.25, 0.3) is 0 Å². The number of benzene rings is 2. The maximum absolute atomic E-state index is 12.7. The van der Waals surface area contributed by atoms with Gasteiger partial charge >= 0.3 is 0 Å². The van der Waals surface area contributed by atoms with Crippen molar-refractivity contribution >= 4 is 27.4 Å². The van der Waals surface area contributed by atoms with Crippen molar-refractivity contribution in [1.82, 2.24) is 9.97 Å². The number of hydrogen-bond acceptors (Lipinski definition) is 6. The number of ether oxygens (including phenoxy) is 2. The first-order valence-corrected chi connectivity index (χ1v) is 10.1. The minimum absolute atomic E-state index is 0.0819. The molecule has 0 saturated heterocycles. The molecule has 0 aliphatic rings. The number of methoxy groups -OCH3 is 2. The van der Waals surface area contributed by atoms with Crippen molar-refractivity contribution in [1.29, 1.82) is 0 Å². The Hall–Kier alpha value is -2.84. The van der Waals surface area contributed by atoms with Gasteiger partial charge in [0.05, 0.1) is 19.1 Å². The molecular weight excluding hydrogens is 402 g/mol. The Balaban J connectivity index is 1.90. The first kappa shape index (κ1) is 19.9. The molecule has 0 fully saturated rings. The van der Waals surface area contributed by atoms with E-state index >= 15 is 0 Å². The number of nitrogens with one attached hydrogen (secondary N) is 1. The normalized spacial score (nSPS) is 11.1. The quantitative estimate of drug-likeness (QED) is 0.589. The van der Waals surface area contributed by atoms with Gasteiger partial charge in [-0.25, -0.2) is 18.4 Å². The van der Waals surface area contributed by atoms with Gasteiger partial charge in [0.2, 0.25) is 0 Å². The summed E-state index contributed by atoms with van der Waals surface area (Å²) in [6, 6.07) is 13.4. The molecule has 1 heterocycles. The highest BCUT2D eigenvalue weighted by Crippen LogP contribution is 2.26. The van der Waals surface area contributed by atoms with E-state index in [1.807, 2.05) is 24.3 Å². The largest absolute Gasteiger partial charge is 0.497 e. The molecule has 1 N–H and O–H groups in total. The lowest BCUT2D eigenvalue weighted by Gasteiger charge is -2.13. The Labute approximate surface area is 168 Å². The van der Waals surface area contributed by atoms with Crippen molar-refractivity contribution < 1.29 is 17.9 Å². The van der Waals surface area contributed by atoms with Crippen LogP contribution < -0.4 is 14.2 Å². The highest BCUT2D eigenvalue weighted by Gasteiger charge is 2.19. The van der Waals surface area contributed by atoms with Crippen LogP contribution in [-0.2, 0) is 16.4 Å². The van der Waals surface area contributed by atoms with Crippen molar-refractivity contribution in [2.24, 2.45) is 0 Å². The predicted octanol–water partition coefficient (Wildman–Crippen LogP) is 3.54. The number of hydrogen-bond donors (Lipinski definition) is 1. The summed E-state index contributed by atoms with van der Waals surface area (Å²) in [5.74, 6) is 1.41. The van der Waals surface area contributed by atoms with Crippen LogP contribution in [0.5, 0.6) is 11.5 Å². The molecule has 3 rings (SSSR count). The van der Waals surface area contributed by atoms with E-state index in [2.05, 4.69) is 14.7 Å². The molecule has 7 nitrogen and oxygen atoms in total. The van der Waals surface area contributed by atoms with Crippen LogP contribution in [0.15, 0.2) is 59.8 Å². The third-order valence-electron chi connectivity index (χ3n) is 4.03. The molecule has 0 amide bonds. The van der Waals surface area contributed by atoms with Gasteiger partial charge in [0.25, 0.3) is 10.0 Å². The predicted molar refractivity (Wildman–Crippen MR) is 107 cm³/mol. The van der Waals surface area contributed by atoms with E-state index in [4.69, 9.17) is 21.1 Å². The lowest BCUT2D eigenvalue weighted by atomic mass is 10.1. The maximum Gasteiger partial charge on any atom is 0.263 e. The highest BCUT2D eigenvalue weighted by atomic mass is 35.5. The number of sulfonamides is 1. The van der Waals surface area contributed by atoms with Gasteiger partial charge in [0, 0.05) is 12.0 Å². The second-order valence-corrected chi connectivity index (χ2v) is 7.84. The first-order valence-electron chi connectivity index (χ1n) is 8.22. The SMILES string of the molecule is COc1ccc(Cc2c(Cl)ncnc2NS(=O)(=O)c2ccc(OC)cc2)cc1. The van der Waals surface area contributed by atoms with E-state index in [1.165, 1.54) is 25.6 Å². The van der Waals surface area contributed by atoms with Crippen molar-refractivity contribution in [2.45, 2.75) is 11.3 Å². The molecule has 3 aromatic rings. The van der Waals surface area contributed by atoms with Gasteiger partial charge in [-0.1, -0.05) is 23.7 Å². The fourth-order valence-corrected chi connectivity index (χ4v) is 3.77. The highest BCUT2D eigenvalue weighted by molar-refractivity contribution is 7.92. The van der Waals surface area contributed by atoms with E-state index in [-0.39, 0.29) is 15.9 Å². The van der Waals surface area contributed by atoms with Crippen LogP contribution in [0, 0.1) is 0 Å². The third kappa shape index (κ3) is 4.52. The average Bonchev–Trinajstić information content (AvgIpc) is 2.71. The number of nitrogens with zero attached hydrogens (tertiary/aromatic N) is 2. The molecule has 0 spiro atoms. The van der Waals surface area contributed by atoms with Gasteiger partial charge < -0.3 is 9.47 Å². The molecule has 146 valence electrons. The number of halogens is 1. The first-order chi connectivity index (χ1) is 13.4. The van der Waals surface area contributed by atoms with Crippen LogP contribution in [0.3, 0.4) is 0 Å². The minimum Gasteiger partial charge on any atom is -0.497 e. The second-order valence-electron chi connectivity index (χ2n) is 5.80. The van der Waals surface area contributed by atoms with Crippen LogP contribution >= 0.6 is 11.6 Å². The molecule has 0 unspecified atom stereocenters. The monoisotopic (exact) mass is 419 g/mol. The van der Waals surface area contributed by atoms with E-state index in [1.54, 1.807) is 19.2 Å². The fourth-order valence-electron chi connectivity index (χ4n) is 2.52. The Morgan fingerprint density at radius 1 is 0.929 bits per heavy atom. The van der Waals surface area contributed by atoms with E-state index in [0.717, 1.165) is 11.3 Å². The van der Waals surface area contributed by atoms with Gasteiger partial charge in [-0.3, -0.25) is 4.72 Å². The zero-order valence-electron chi connectivity index (χ0n) is 15.2. The minimum atomic E-state index is -3.85. The molecule has 0 bridgehead atoms. The van der Waals surface area contributed by atoms with Crippen molar-refractivity contribution in [3.05, 3.63) is 71.1 Å². The molecule has 0 aliphatic carbocycles. The van der Waals surface area contributed by atoms with Gasteiger partial charge in [0.1, 0.15) is 28.8 Å². The molecule has 2 aromatic carbocycles. The Morgan fingerprint density at radius 3 is 2.07 bits per heavy atom. The zero-order valence-corrected chi connectivity index (χ0v) is 16.8. The summed E-state index contributed by atoms with van der Waals surface area (Å²) in [6.45, 7) is 0. The van der Waals surface area contributed by atoms with Crippen molar-refractivity contribution in [3.63, 3.8) is 0 Å². The van der Waals surface area contributed by atoms with Gasteiger partial charge in [-0.05, 0) is 42.0 Å². The lowest BCUT2D eigenvalue weighted by Crippen LogP contribution is -2.16. The van der Waals surface area contributed by atoms with Crippen molar-refractivity contribution in [3.8, 4) is 11.5 Å². The van der Waals surface area contributed by atoms with Crippen LogP contribution in [0.1, 0.15) is 11.1 Å². The van der Waals surface area contributed by atoms with Gasteiger partial charge in [-0.2, -0.15) is 0 Å². The molecule has 0 aliphatic heterocycles. The number of rotatable bonds is 7. The van der Waals surface area contributed by atoms with Crippen LogP contribution in [-0.4, -0.2) is 32.6 Å². The summed E-state index contributed by atoms with van der Waals surface area (Å²) in [5, 5.41) is 0.179. The van der Waals surface area contributed by atoms with E-state index in [0.29, 0.717) is 17.7 Å². The molecule has 9 heteroatoms. The van der Waals surface area contributed by atoms with Crippen LogP contribution in [0.2, 0.25) is 5.15 Å². The Bertz CT molecular complexity index is 1060. The van der Waals surface area contributed by atoms with Gasteiger partial charge in [-0.15, -0.1) is 0 Å². The summed E-state index contributed by atoms with van der Waals surface area (Å²) in [4.78, 5) is 8.13. The molecule has 28 heavy (non-hydrogen) atoms. The summed E-state index contributed by atoms with van der Waals surface area (Å²) < 4.78 is 38.2. The standard InChI is InChI=1S/C19H18ClN3O4S/c1-26-14-5-3-13(4-6-14)11-17-18(20)21-12-22-19(17)23-28(24,25)16-9-7-15(27-2)8-10-16/h3-10,12H,11H2,1-2H3,(H,21,22,23). The molecule has 1 aromatic heterocycles. The van der Waals surface area contributed by atoms with E-state index < -0.39 is 10.0 Å². The number of aromatic nitrogens is 2. The van der Waals surface area contributed by atoms with Crippen molar-refractivity contribution in [2.75, 3.05) is 18.9 Å². The summed E-state index contributed by atoms with van der Waals surface area (Å²) in [5.41, 5.74) is 1.38. The second kappa shape index (κ2) is 8.45. The summed E-state index contributed by atoms with van der Waals surface area (Å²) in [6.07, 6.45) is 1.57. The van der Waals surface area contributed by atoms with Crippen LogP contribution in [0.4, 0.5) is 5.82 Å². The average molecular weight is 420 g/mol. The number of anilines is 1. The fraction of sp³-hybridized carbons (Fsp3) is 0.158. The van der Waals surface area contributed by atoms with Gasteiger partial charge in [0.15, 0.2) is 0 Å². The molecule has 0 atom stereocenters. The Morgan fingerprint density at radius 2 is 1.50 bits per heavy atom. The van der Waals surface area contributed by atoms with E-state index in [9.17, 15) is 8.42 Å². The zero-order chi connectivity index (χ0) is 20.1. The molecule has 0 saturated carbocycles. The smallest absolute Gasteiger partial charge is 0.263 e.